The van der Waals surface area contributed by atoms with Gasteiger partial charge in [0.1, 0.15) is 5.75 Å². The largest absolute Gasteiger partial charge is 0.494 e. The molecule has 7 heteroatoms. The van der Waals surface area contributed by atoms with E-state index in [0.29, 0.717) is 23.8 Å². The van der Waals surface area contributed by atoms with Crippen molar-refractivity contribution < 1.29 is 17.9 Å². The lowest BCUT2D eigenvalue weighted by atomic mass is 10.1. The summed E-state index contributed by atoms with van der Waals surface area (Å²) < 4.78 is 32.7. The highest BCUT2D eigenvalue weighted by Crippen LogP contribution is 2.26. The van der Waals surface area contributed by atoms with E-state index in [1.54, 1.807) is 12.1 Å². The molecule has 0 atom stereocenters. The van der Waals surface area contributed by atoms with Crippen LogP contribution >= 0.6 is 11.6 Å². The normalized spacial score (nSPS) is 11.4. The Morgan fingerprint density at radius 3 is 2.34 bits per heavy atom. The number of hydrogen-bond acceptors (Lipinski definition) is 4. The van der Waals surface area contributed by atoms with Crippen LogP contribution in [0.5, 0.6) is 5.75 Å². The van der Waals surface area contributed by atoms with Crippen molar-refractivity contribution in [2.75, 3.05) is 6.61 Å². The summed E-state index contributed by atoms with van der Waals surface area (Å²) in [6.45, 7) is 4.09. The van der Waals surface area contributed by atoms with Crippen LogP contribution in [0.25, 0.3) is 10.8 Å². The Morgan fingerprint density at radius 2 is 1.66 bits per heavy atom. The maximum absolute atomic E-state index is 12.5. The van der Waals surface area contributed by atoms with Crippen molar-refractivity contribution in [3.63, 3.8) is 0 Å². The fourth-order valence-electron chi connectivity index (χ4n) is 3.01. The molecule has 0 saturated heterocycles. The maximum Gasteiger partial charge on any atom is 0.264 e. The van der Waals surface area contributed by atoms with E-state index in [4.69, 9.17) is 16.3 Å². The molecule has 29 heavy (non-hydrogen) atoms. The minimum absolute atomic E-state index is 0.0400. The number of aryl methyl sites for hydroxylation is 2. The Hall–Kier alpha value is -2.57. The van der Waals surface area contributed by atoms with Crippen LogP contribution < -0.4 is 9.46 Å². The van der Waals surface area contributed by atoms with Crippen molar-refractivity contribution in [2.45, 2.75) is 31.6 Å². The summed E-state index contributed by atoms with van der Waals surface area (Å²) in [5.74, 6) is 0.110. The van der Waals surface area contributed by atoms with E-state index in [0.717, 1.165) is 21.9 Å². The number of sulfonamides is 1. The summed E-state index contributed by atoms with van der Waals surface area (Å²) in [5.41, 5.74) is 1.83. The summed E-state index contributed by atoms with van der Waals surface area (Å²) in [6, 6.07) is 15.9. The molecule has 5 nitrogen and oxygen atoms in total. The Morgan fingerprint density at radius 1 is 1.00 bits per heavy atom. The number of carbonyl (C=O) groups is 1. The molecule has 0 heterocycles. The molecule has 3 rings (SSSR count). The van der Waals surface area contributed by atoms with E-state index in [1.807, 2.05) is 50.2 Å². The minimum Gasteiger partial charge on any atom is -0.494 e. The van der Waals surface area contributed by atoms with Crippen LogP contribution in [0.3, 0.4) is 0 Å². The van der Waals surface area contributed by atoms with Gasteiger partial charge in [-0.25, -0.2) is 13.1 Å². The second-order valence-electron chi connectivity index (χ2n) is 6.86. The summed E-state index contributed by atoms with van der Waals surface area (Å²) in [6.07, 6.45) is 0.429. The van der Waals surface area contributed by atoms with Gasteiger partial charge in [-0.3, -0.25) is 4.79 Å². The van der Waals surface area contributed by atoms with Crippen LogP contribution in [0.15, 0.2) is 59.5 Å². The summed E-state index contributed by atoms with van der Waals surface area (Å²) in [5, 5.41) is 2.43. The molecule has 0 spiro atoms. The molecule has 0 fully saturated rings. The number of hydrogen-bond donors (Lipinski definition) is 1. The molecule has 1 amide bonds. The number of carbonyl (C=O) groups excluding carboxylic acids is 1. The van der Waals surface area contributed by atoms with Gasteiger partial charge in [0.2, 0.25) is 5.91 Å². The molecule has 0 radical (unpaired) electrons. The van der Waals surface area contributed by atoms with Crippen molar-refractivity contribution in [2.24, 2.45) is 0 Å². The van der Waals surface area contributed by atoms with Crippen LogP contribution in [0.4, 0.5) is 0 Å². The predicted octanol–water partition coefficient (Wildman–Crippen LogP) is 4.77. The molecule has 3 aromatic rings. The third-order valence-corrected chi connectivity index (χ3v) is 6.47. The van der Waals surface area contributed by atoms with E-state index in [1.165, 1.54) is 6.07 Å². The first kappa shape index (κ1) is 21.1. The van der Waals surface area contributed by atoms with Gasteiger partial charge in [0.25, 0.3) is 10.0 Å². The molecule has 0 aromatic heterocycles. The van der Waals surface area contributed by atoms with E-state index in [-0.39, 0.29) is 11.3 Å². The second-order valence-corrected chi connectivity index (χ2v) is 8.92. The van der Waals surface area contributed by atoms with E-state index >= 15 is 0 Å². The predicted molar refractivity (Wildman–Crippen MR) is 115 cm³/mol. The van der Waals surface area contributed by atoms with Gasteiger partial charge in [-0.2, -0.15) is 0 Å². The molecule has 0 aliphatic heterocycles. The number of nitrogens with one attached hydrogen (secondary N) is 1. The van der Waals surface area contributed by atoms with E-state index in [2.05, 4.69) is 4.72 Å². The van der Waals surface area contributed by atoms with Gasteiger partial charge in [0.05, 0.1) is 11.5 Å². The Bertz CT molecular complexity index is 1140. The zero-order chi connectivity index (χ0) is 21.0. The van der Waals surface area contributed by atoms with Gasteiger partial charge in [0.15, 0.2) is 0 Å². The Labute approximate surface area is 175 Å². The SMILES string of the molecule is Cc1cc(OCCCC(=O)NS(=O)(=O)c2ccc3ccccc3c2)cc(C)c1Cl. The molecule has 0 saturated carbocycles. The molecule has 0 aliphatic rings. The fraction of sp³-hybridized carbons (Fsp3) is 0.227. The summed E-state index contributed by atoms with van der Waals surface area (Å²) >= 11 is 6.13. The van der Waals surface area contributed by atoms with Crippen LogP contribution in [-0.2, 0) is 14.8 Å². The van der Waals surface area contributed by atoms with Crippen LogP contribution in [0, 0.1) is 13.8 Å². The van der Waals surface area contributed by atoms with Crippen molar-refractivity contribution in [3.8, 4) is 5.75 Å². The van der Waals surface area contributed by atoms with Crippen molar-refractivity contribution in [1.29, 1.82) is 0 Å². The van der Waals surface area contributed by atoms with Gasteiger partial charge in [0, 0.05) is 11.4 Å². The highest BCUT2D eigenvalue weighted by Gasteiger charge is 2.17. The third-order valence-electron chi connectivity index (χ3n) is 4.51. The summed E-state index contributed by atoms with van der Waals surface area (Å²) in [7, 11) is -3.91. The smallest absolute Gasteiger partial charge is 0.264 e. The first-order chi connectivity index (χ1) is 13.8. The Balaban J connectivity index is 1.54. The topological polar surface area (TPSA) is 72.5 Å². The quantitative estimate of drug-likeness (QED) is 0.546. The van der Waals surface area contributed by atoms with Crippen molar-refractivity contribution >= 4 is 38.3 Å². The lowest BCUT2D eigenvalue weighted by Crippen LogP contribution is -2.30. The molecule has 0 unspecified atom stereocenters. The highest BCUT2D eigenvalue weighted by molar-refractivity contribution is 7.90. The molecular formula is C22H22ClNO4S. The average Bonchev–Trinajstić information content (AvgIpc) is 2.68. The number of fused-ring (bicyclic) bond motifs is 1. The van der Waals surface area contributed by atoms with Crippen LogP contribution in [-0.4, -0.2) is 20.9 Å². The van der Waals surface area contributed by atoms with E-state index in [9.17, 15) is 13.2 Å². The minimum atomic E-state index is -3.91. The lowest BCUT2D eigenvalue weighted by molar-refractivity contribution is -0.119. The molecule has 3 aromatic carbocycles. The molecular weight excluding hydrogens is 410 g/mol. The second kappa shape index (κ2) is 8.84. The first-order valence-electron chi connectivity index (χ1n) is 9.20. The molecule has 1 N–H and O–H groups in total. The molecule has 152 valence electrons. The zero-order valence-corrected chi connectivity index (χ0v) is 17.8. The molecule has 0 aliphatic carbocycles. The van der Waals surface area contributed by atoms with Gasteiger partial charge in [-0.05, 0) is 66.4 Å². The number of halogens is 1. The number of benzene rings is 3. The van der Waals surface area contributed by atoms with Crippen molar-refractivity contribution in [1.82, 2.24) is 4.72 Å². The fourth-order valence-corrected chi connectivity index (χ4v) is 4.16. The monoisotopic (exact) mass is 431 g/mol. The lowest BCUT2D eigenvalue weighted by Gasteiger charge is -2.10. The number of rotatable bonds is 7. The molecule has 0 bridgehead atoms. The Kier molecular flexibility index (Phi) is 6.45. The van der Waals surface area contributed by atoms with Gasteiger partial charge < -0.3 is 4.74 Å². The van der Waals surface area contributed by atoms with Crippen molar-refractivity contribution in [3.05, 3.63) is 70.7 Å². The highest BCUT2D eigenvalue weighted by atomic mass is 35.5. The number of ether oxygens (including phenoxy) is 1. The van der Waals surface area contributed by atoms with Gasteiger partial charge in [-0.15, -0.1) is 0 Å². The zero-order valence-electron chi connectivity index (χ0n) is 16.2. The van der Waals surface area contributed by atoms with Crippen LogP contribution in [0.1, 0.15) is 24.0 Å². The average molecular weight is 432 g/mol. The third kappa shape index (κ3) is 5.28. The van der Waals surface area contributed by atoms with Gasteiger partial charge >= 0.3 is 0 Å². The maximum atomic E-state index is 12.5. The van der Waals surface area contributed by atoms with Crippen LogP contribution in [0.2, 0.25) is 5.02 Å². The summed E-state index contributed by atoms with van der Waals surface area (Å²) in [4.78, 5) is 12.2. The first-order valence-corrected chi connectivity index (χ1v) is 11.1. The van der Waals surface area contributed by atoms with Gasteiger partial charge in [-0.1, -0.05) is 41.9 Å². The standard InChI is InChI=1S/C22H22ClNO4S/c1-15-12-19(13-16(2)22(15)23)28-11-5-8-21(25)24-29(26,27)20-10-9-17-6-3-4-7-18(17)14-20/h3-4,6-7,9-10,12-14H,5,8,11H2,1-2H3,(H,24,25). The number of amides is 1. The van der Waals surface area contributed by atoms with E-state index < -0.39 is 15.9 Å².